The van der Waals surface area contributed by atoms with Crippen LogP contribution >= 0.6 is 11.3 Å². The number of hydrogen-bond acceptors (Lipinski definition) is 4. The molecule has 0 bridgehead atoms. The zero-order valence-corrected chi connectivity index (χ0v) is 15.1. The van der Waals surface area contributed by atoms with Crippen LogP contribution in [0.5, 0.6) is 0 Å². The highest BCUT2D eigenvalue weighted by atomic mass is 32.2. The Morgan fingerprint density at radius 3 is 2.38 bits per heavy atom. The first kappa shape index (κ1) is 17.0. The fraction of sp³-hybridized carbons (Fsp3) is 0.353. The second-order valence-corrected chi connectivity index (χ2v) is 9.13. The van der Waals surface area contributed by atoms with E-state index in [0.29, 0.717) is 16.3 Å². The van der Waals surface area contributed by atoms with Gasteiger partial charge < -0.3 is 4.90 Å². The van der Waals surface area contributed by atoms with E-state index in [2.05, 4.69) is 4.72 Å². The van der Waals surface area contributed by atoms with Crippen LogP contribution in [0.25, 0.3) is 0 Å². The second kappa shape index (κ2) is 6.94. The molecule has 1 aromatic heterocycles. The summed E-state index contributed by atoms with van der Waals surface area (Å²) in [5.74, 6) is 0.134. The topological polar surface area (TPSA) is 66.5 Å². The van der Waals surface area contributed by atoms with Gasteiger partial charge in [-0.2, -0.15) is 0 Å². The Morgan fingerprint density at radius 2 is 1.79 bits per heavy atom. The van der Waals surface area contributed by atoms with Gasteiger partial charge in [-0.05, 0) is 49.6 Å². The summed E-state index contributed by atoms with van der Waals surface area (Å²) in [6, 6.07) is 10.4. The first-order chi connectivity index (χ1) is 11.4. The van der Waals surface area contributed by atoms with Crippen LogP contribution in [-0.2, 0) is 21.2 Å². The van der Waals surface area contributed by atoms with E-state index in [1.54, 1.807) is 36.4 Å². The Hall–Kier alpha value is -1.86. The number of amides is 1. The van der Waals surface area contributed by atoms with Crippen LogP contribution in [0.2, 0.25) is 0 Å². The predicted molar refractivity (Wildman–Crippen MR) is 95.8 cm³/mol. The van der Waals surface area contributed by atoms with E-state index in [0.717, 1.165) is 36.4 Å². The summed E-state index contributed by atoms with van der Waals surface area (Å²) in [4.78, 5) is 15.0. The third kappa shape index (κ3) is 3.96. The number of anilines is 1. The van der Waals surface area contributed by atoms with Crippen molar-refractivity contribution in [2.75, 3.05) is 17.8 Å². The maximum atomic E-state index is 12.3. The molecule has 1 fully saturated rings. The highest BCUT2D eigenvalue weighted by Gasteiger charge is 2.19. The Labute approximate surface area is 146 Å². The van der Waals surface area contributed by atoms with Crippen molar-refractivity contribution < 1.29 is 13.2 Å². The summed E-state index contributed by atoms with van der Waals surface area (Å²) in [5, 5.41) is 0. The molecule has 0 radical (unpaired) electrons. The van der Waals surface area contributed by atoms with Crippen molar-refractivity contribution in [3.05, 3.63) is 46.8 Å². The minimum atomic E-state index is -3.55. The number of carbonyl (C=O) groups is 1. The summed E-state index contributed by atoms with van der Waals surface area (Å²) in [6.45, 7) is 3.56. The molecule has 7 heteroatoms. The summed E-state index contributed by atoms with van der Waals surface area (Å²) in [6.07, 6.45) is 2.51. The van der Waals surface area contributed by atoms with Crippen molar-refractivity contribution >= 4 is 33.0 Å². The molecule has 0 saturated carbocycles. The minimum absolute atomic E-state index is 0.134. The SMILES string of the molecule is Cc1ccc(S(=O)(=O)Nc2ccc(CC(=O)N3CCCC3)cc2)s1. The Kier molecular flexibility index (Phi) is 4.91. The number of sulfonamides is 1. The van der Waals surface area contributed by atoms with Gasteiger partial charge >= 0.3 is 0 Å². The van der Waals surface area contributed by atoms with Gasteiger partial charge in [-0.1, -0.05) is 12.1 Å². The minimum Gasteiger partial charge on any atom is -0.342 e. The average molecular weight is 364 g/mol. The maximum Gasteiger partial charge on any atom is 0.271 e. The van der Waals surface area contributed by atoms with E-state index in [4.69, 9.17) is 0 Å². The van der Waals surface area contributed by atoms with Crippen molar-refractivity contribution in [1.82, 2.24) is 4.90 Å². The van der Waals surface area contributed by atoms with Crippen LogP contribution in [0.3, 0.4) is 0 Å². The summed E-state index contributed by atoms with van der Waals surface area (Å²) in [7, 11) is -3.55. The maximum absolute atomic E-state index is 12.3. The zero-order chi connectivity index (χ0) is 17.2. The molecule has 2 heterocycles. The summed E-state index contributed by atoms with van der Waals surface area (Å²) >= 11 is 1.24. The largest absolute Gasteiger partial charge is 0.342 e. The van der Waals surface area contributed by atoms with E-state index < -0.39 is 10.0 Å². The molecule has 2 aromatic rings. The Balaban J connectivity index is 1.65. The molecule has 5 nitrogen and oxygen atoms in total. The molecule has 0 aliphatic carbocycles. The molecular formula is C17H20N2O3S2. The molecule has 1 amide bonds. The van der Waals surface area contributed by atoms with Crippen LogP contribution in [0.15, 0.2) is 40.6 Å². The van der Waals surface area contributed by atoms with Gasteiger partial charge in [-0.3, -0.25) is 9.52 Å². The number of aryl methyl sites for hydroxylation is 1. The Bertz CT molecular complexity index is 820. The van der Waals surface area contributed by atoms with Crippen LogP contribution in [0.4, 0.5) is 5.69 Å². The van der Waals surface area contributed by atoms with Crippen molar-refractivity contribution in [2.45, 2.75) is 30.4 Å². The van der Waals surface area contributed by atoms with Gasteiger partial charge in [-0.25, -0.2) is 8.42 Å². The monoisotopic (exact) mass is 364 g/mol. The lowest BCUT2D eigenvalue weighted by Crippen LogP contribution is -2.29. The second-order valence-electron chi connectivity index (χ2n) is 5.93. The molecule has 1 saturated heterocycles. The fourth-order valence-electron chi connectivity index (χ4n) is 2.71. The first-order valence-electron chi connectivity index (χ1n) is 7.90. The van der Waals surface area contributed by atoms with Gasteiger partial charge in [0.2, 0.25) is 5.91 Å². The van der Waals surface area contributed by atoms with Crippen LogP contribution in [0.1, 0.15) is 23.3 Å². The zero-order valence-electron chi connectivity index (χ0n) is 13.5. The van der Waals surface area contributed by atoms with Crippen LogP contribution in [0, 0.1) is 6.92 Å². The quantitative estimate of drug-likeness (QED) is 0.887. The molecule has 1 N–H and O–H groups in total. The number of hydrogen-bond donors (Lipinski definition) is 1. The molecule has 0 atom stereocenters. The lowest BCUT2D eigenvalue weighted by atomic mass is 10.1. The van der Waals surface area contributed by atoms with Crippen molar-refractivity contribution in [1.29, 1.82) is 0 Å². The Morgan fingerprint density at radius 1 is 1.12 bits per heavy atom. The lowest BCUT2D eigenvalue weighted by molar-refractivity contribution is -0.129. The number of nitrogens with zero attached hydrogens (tertiary/aromatic N) is 1. The number of carbonyl (C=O) groups excluding carboxylic acids is 1. The summed E-state index contributed by atoms with van der Waals surface area (Å²) in [5.41, 5.74) is 1.39. The third-order valence-corrected chi connectivity index (χ3v) is 6.87. The molecule has 3 rings (SSSR count). The fourth-order valence-corrected chi connectivity index (χ4v) is 5.05. The normalized spacial score (nSPS) is 14.8. The van der Waals surface area contributed by atoms with E-state index in [1.165, 1.54) is 11.3 Å². The van der Waals surface area contributed by atoms with Crippen molar-refractivity contribution in [3.63, 3.8) is 0 Å². The third-order valence-electron chi connectivity index (χ3n) is 4.00. The van der Waals surface area contributed by atoms with Crippen molar-refractivity contribution in [2.24, 2.45) is 0 Å². The van der Waals surface area contributed by atoms with Crippen molar-refractivity contribution in [3.8, 4) is 0 Å². The molecule has 1 aliphatic heterocycles. The number of thiophene rings is 1. The van der Waals surface area contributed by atoms with E-state index in [9.17, 15) is 13.2 Å². The number of benzene rings is 1. The number of nitrogens with one attached hydrogen (secondary N) is 1. The average Bonchev–Trinajstić information content (AvgIpc) is 3.20. The van der Waals surface area contributed by atoms with E-state index in [1.807, 2.05) is 11.8 Å². The van der Waals surface area contributed by atoms with Gasteiger partial charge in [-0.15, -0.1) is 11.3 Å². The van der Waals surface area contributed by atoms with Crippen LogP contribution in [-0.4, -0.2) is 32.3 Å². The molecule has 128 valence electrons. The number of likely N-dealkylation sites (tertiary alicyclic amines) is 1. The van der Waals surface area contributed by atoms with Crippen LogP contribution < -0.4 is 4.72 Å². The predicted octanol–water partition coefficient (Wildman–Crippen LogP) is 3.02. The molecule has 1 aromatic carbocycles. The highest BCUT2D eigenvalue weighted by Crippen LogP contribution is 2.23. The summed E-state index contributed by atoms with van der Waals surface area (Å²) < 4.78 is 27.5. The number of rotatable bonds is 5. The smallest absolute Gasteiger partial charge is 0.271 e. The lowest BCUT2D eigenvalue weighted by Gasteiger charge is -2.15. The van der Waals surface area contributed by atoms with Gasteiger partial charge in [0.15, 0.2) is 0 Å². The van der Waals surface area contributed by atoms with Gasteiger partial charge in [0.25, 0.3) is 10.0 Å². The van der Waals surface area contributed by atoms with Gasteiger partial charge in [0, 0.05) is 23.7 Å². The van der Waals surface area contributed by atoms with E-state index >= 15 is 0 Å². The molecule has 0 unspecified atom stereocenters. The van der Waals surface area contributed by atoms with E-state index in [-0.39, 0.29) is 5.91 Å². The molecule has 0 spiro atoms. The molecular weight excluding hydrogens is 344 g/mol. The molecule has 1 aliphatic rings. The first-order valence-corrected chi connectivity index (χ1v) is 10.2. The van der Waals surface area contributed by atoms with Gasteiger partial charge in [0.1, 0.15) is 4.21 Å². The highest BCUT2D eigenvalue weighted by molar-refractivity contribution is 7.94. The standard InChI is InChI=1S/C17H20N2O3S2/c1-13-4-9-17(23-13)24(21,22)18-15-7-5-14(6-8-15)12-16(20)19-10-2-3-11-19/h4-9,18H,2-3,10-12H2,1H3. The van der Waals surface area contributed by atoms with Gasteiger partial charge in [0.05, 0.1) is 6.42 Å². The molecule has 24 heavy (non-hydrogen) atoms.